The molecule has 1 aromatic heterocycles. The van der Waals surface area contributed by atoms with Gasteiger partial charge in [0.25, 0.3) is 0 Å². The van der Waals surface area contributed by atoms with Gasteiger partial charge >= 0.3 is 0 Å². The summed E-state index contributed by atoms with van der Waals surface area (Å²) in [6.45, 7) is 3.99. The summed E-state index contributed by atoms with van der Waals surface area (Å²) in [5, 5.41) is 0. The Morgan fingerprint density at radius 2 is 2.60 bits per heavy atom. The molecule has 2 unspecified atom stereocenters. The summed E-state index contributed by atoms with van der Waals surface area (Å²) < 4.78 is 5.46. The molecule has 0 radical (unpaired) electrons. The second kappa shape index (κ2) is 5.05. The summed E-state index contributed by atoms with van der Waals surface area (Å²) >= 11 is 2.02. The molecule has 4 heteroatoms. The normalized spacial score (nSPS) is 25.3. The van der Waals surface area contributed by atoms with Crippen molar-refractivity contribution in [2.75, 3.05) is 24.6 Å². The lowest BCUT2D eigenvalue weighted by atomic mass is 10.1. The van der Waals surface area contributed by atoms with Crippen molar-refractivity contribution in [2.45, 2.75) is 19.0 Å². The minimum absolute atomic E-state index is 0.246. The maximum Gasteiger partial charge on any atom is 0.122 e. The maximum atomic E-state index is 5.85. The van der Waals surface area contributed by atoms with E-state index in [-0.39, 0.29) is 6.04 Å². The third kappa shape index (κ3) is 2.38. The van der Waals surface area contributed by atoms with Crippen LogP contribution < -0.4 is 5.73 Å². The van der Waals surface area contributed by atoms with E-state index in [9.17, 15) is 0 Å². The molecule has 0 bridgehead atoms. The molecule has 84 valence electrons. The second-order valence-corrected chi connectivity index (χ2v) is 5.08. The molecule has 0 saturated carbocycles. The third-order valence-corrected chi connectivity index (χ3v) is 4.10. The van der Waals surface area contributed by atoms with Crippen LogP contribution in [0.5, 0.6) is 0 Å². The predicted octanol–water partition coefficient (Wildman–Crippen LogP) is 1.72. The summed E-state index contributed by atoms with van der Waals surface area (Å²) in [6.07, 6.45) is 1.72. The van der Waals surface area contributed by atoms with Crippen molar-refractivity contribution in [3.05, 3.63) is 24.2 Å². The molecule has 1 aliphatic rings. The highest BCUT2D eigenvalue weighted by Gasteiger charge is 2.27. The third-order valence-electron chi connectivity index (χ3n) is 2.91. The van der Waals surface area contributed by atoms with Crippen molar-refractivity contribution in [1.82, 2.24) is 4.90 Å². The van der Waals surface area contributed by atoms with Gasteiger partial charge in [0.15, 0.2) is 0 Å². The van der Waals surface area contributed by atoms with Gasteiger partial charge in [-0.2, -0.15) is 11.8 Å². The van der Waals surface area contributed by atoms with E-state index < -0.39 is 0 Å². The number of furan rings is 1. The van der Waals surface area contributed by atoms with Crippen molar-refractivity contribution >= 4 is 11.8 Å². The lowest BCUT2D eigenvalue weighted by Crippen LogP contribution is -2.45. The van der Waals surface area contributed by atoms with E-state index in [2.05, 4.69) is 11.8 Å². The van der Waals surface area contributed by atoms with Crippen LogP contribution in [-0.4, -0.2) is 35.5 Å². The monoisotopic (exact) mass is 226 g/mol. The maximum absolute atomic E-state index is 5.85. The van der Waals surface area contributed by atoms with Crippen molar-refractivity contribution in [3.8, 4) is 0 Å². The summed E-state index contributed by atoms with van der Waals surface area (Å²) in [6, 6.07) is 4.78. The van der Waals surface area contributed by atoms with Gasteiger partial charge in [-0.1, -0.05) is 0 Å². The fraction of sp³-hybridized carbons (Fsp3) is 0.636. The Hall–Kier alpha value is -0.450. The van der Waals surface area contributed by atoms with Gasteiger partial charge in [0.1, 0.15) is 5.76 Å². The van der Waals surface area contributed by atoms with Gasteiger partial charge < -0.3 is 10.2 Å². The number of rotatable bonds is 3. The minimum Gasteiger partial charge on any atom is -0.468 e. The largest absolute Gasteiger partial charge is 0.468 e. The highest BCUT2D eigenvalue weighted by Crippen LogP contribution is 2.27. The van der Waals surface area contributed by atoms with E-state index in [1.54, 1.807) is 6.26 Å². The average molecular weight is 226 g/mol. The Labute approximate surface area is 95.0 Å². The van der Waals surface area contributed by atoms with Gasteiger partial charge in [0, 0.05) is 30.6 Å². The quantitative estimate of drug-likeness (QED) is 0.852. The Balaban J connectivity index is 2.11. The zero-order valence-corrected chi connectivity index (χ0v) is 9.87. The molecule has 3 nitrogen and oxygen atoms in total. The van der Waals surface area contributed by atoms with Crippen molar-refractivity contribution < 1.29 is 4.42 Å². The summed E-state index contributed by atoms with van der Waals surface area (Å²) in [5.41, 5.74) is 5.85. The van der Waals surface area contributed by atoms with E-state index in [0.717, 1.165) is 12.3 Å². The van der Waals surface area contributed by atoms with Crippen LogP contribution in [0.4, 0.5) is 0 Å². The van der Waals surface area contributed by atoms with E-state index in [1.165, 1.54) is 11.5 Å². The van der Waals surface area contributed by atoms with Crippen molar-refractivity contribution in [1.29, 1.82) is 0 Å². The zero-order valence-electron chi connectivity index (χ0n) is 9.06. The molecular weight excluding hydrogens is 208 g/mol. The number of nitrogens with zero attached hydrogens (tertiary/aromatic N) is 1. The highest BCUT2D eigenvalue weighted by molar-refractivity contribution is 7.99. The van der Waals surface area contributed by atoms with Crippen LogP contribution in [0.1, 0.15) is 18.7 Å². The lowest BCUT2D eigenvalue weighted by molar-refractivity contribution is 0.147. The molecule has 0 amide bonds. The number of nitrogens with two attached hydrogens (primary N) is 1. The molecule has 2 N–H and O–H groups in total. The molecule has 2 heterocycles. The topological polar surface area (TPSA) is 42.4 Å². The second-order valence-electron chi connectivity index (χ2n) is 3.93. The molecule has 1 saturated heterocycles. The number of thioether (sulfide) groups is 1. The summed E-state index contributed by atoms with van der Waals surface area (Å²) in [5.74, 6) is 3.38. The Morgan fingerprint density at radius 1 is 1.73 bits per heavy atom. The van der Waals surface area contributed by atoms with Crippen LogP contribution in [0.25, 0.3) is 0 Å². The summed E-state index contributed by atoms with van der Waals surface area (Å²) in [7, 11) is 0. The highest BCUT2D eigenvalue weighted by atomic mass is 32.2. The smallest absolute Gasteiger partial charge is 0.122 e. The standard InChI is InChI=1S/C11H18N2OS/c1-9-8-15-6-4-13(9)10(7-12)11-3-2-5-14-11/h2-3,5,9-10H,4,6-8,12H2,1H3. The molecule has 1 fully saturated rings. The molecule has 2 rings (SSSR count). The first-order chi connectivity index (χ1) is 7.33. The fourth-order valence-electron chi connectivity index (χ4n) is 2.10. The SMILES string of the molecule is CC1CSCCN1C(CN)c1ccco1. The predicted molar refractivity (Wildman–Crippen MR) is 64.0 cm³/mol. The molecule has 1 aliphatic heterocycles. The summed E-state index contributed by atoms with van der Waals surface area (Å²) in [4.78, 5) is 2.45. The van der Waals surface area contributed by atoms with Gasteiger partial charge in [-0.05, 0) is 19.1 Å². The zero-order chi connectivity index (χ0) is 10.7. The molecule has 1 aromatic rings. The molecular formula is C11H18N2OS. The van der Waals surface area contributed by atoms with Gasteiger partial charge in [0.2, 0.25) is 0 Å². The van der Waals surface area contributed by atoms with Crippen LogP contribution in [0, 0.1) is 0 Å². The Kier molecular flexibility index (Phi) is 3.72. The minimum atomic E-state index is 0.246. The Morgan fingerprint density at radius 3 is 3.20 bits per heavy atom. The van der Waals surface area contributed by atoms with Crippen LogP contribution in [0.15, 0.2) is 22.8 Å². The van der Waals surface area contributed by atoms with Crippen LogP contribution in [0.2, 0.25) is 0 Å². The van der Waals surface area contributed by atoms with E-state index in [1.807, 2.05) is 23.9 Å². The number of hydrogen-bond donors (Lipinski definition) is 1. The lowest BCUT2D eigenvalue weighted by Gasteiger charge is -2.37. The van der Waals surface area contributed by atoms with Crippen LogP contribution in [-0.2, 0) is 0 Å². The van der Waals surface area contributed by atoms with Gasteiger partial charge in [-0.25, -0.2) is 0 Å². The first-order valence-electron chi connectivity index (χ1n) is 5.40. The van der Waals surface area contributed by atoms with Gasteiger partial charge in [-0.15, -0.1) is 0 Å². The molecule has 0 aliphatic carbocycles. The first-order valence-corrected chi connectivity index (χ1v) is 6.55. The van der Waals surface area contributed by atoms with Crippen molar-refractivity contribution in [2.24, 2.45) is 5.73 Å². The number of hydrogen-bond acceptors (Lipinski definition) is 4. The molecule has 0 spiro atoms. The molecule has 0 aromatic carbocycles. The first kappa shape index (κ1) is 11.0. The average Bonchev–Trinajstić information content (AvgIpc) is 2.75. The van der Waals surface area contributed by atoms with Crippen molar-refractivity contribution in [3.63, 3.8) is 0 Å². The van der Waals surface area contributed by atoms with Gasteiger partial charge in [-0.3, -0.25) is 4.90 Å². The van der Waals surface area contributed by atoms with Crippen LogP contribution >= 0.6 is 11.8 Å². The van der Waals surface area contributed by atoms with Gasteiger partial charge in [0.05, 0.1) is 12.3 Å². The van der Waals surface area contributed by atoms with Crippen LogP contribution in [0.3, 0.4) is 0 Å². The molecule has 2 atom stereocenters. The van der Waals surface area contributed by atoms with E-state index in [0.29, 0.717) is 12.6 Å². The fourth-order valence-corrected chi connectivity index (χ4v) is 3.14. The molecule has 15 heavy (non-hydrogen) atoms. The van der Waals surface area contributed by atoms with E-state index >= 15 is 0 Å². The Bertz CT molecular complexity index is 289. The van der Waals surface area contributed by atoms with E-state index in [4.69, 9.17) is 10.2 Å².